The third kappa shape index (κ3) is 5.18. The summed E-state index contributed by atoms with van der Waals surface area (Å²) in [6.45, 7) is 4.79. The third-order valence-corrected chi connectivity index (χ3v) is 5.27. The maximum absolute atomic E-state index is 12.9. The molecule has 1 fully saturated rings. The minimum absolute atomic E-state index is 0.172. The molecule has 33 heavy (non-hydrogen) atoms. The van der Waals surface area contributed by atoms with Crippen molar-refractivity contribution in [3.63, 3.8) is 0 Å². The lowest BCUT2D eigenvalue weighted by Gasteiger charge is -2.13. The molecule has 3 amide bonds. The van der Waals surface area contributed by atoms with Crippen molar-refractivity contribution in [3.8, 4) is 11.5 Å². The van der Waals surface area contributed by atoms with Gasteiger partial charge in [0.15, 0.2) is 11.5 Å². The Morgan fingerprint density at radius 3 is 2.48 bits per heavy atom. The molecule has 0 radical (unpaired) electrons. The van der Waals surface area contributed by atoms with Gasteiger partial charge in [0.05, 0.1) is 12.3 Å². The fraction of sp³-hybridized carbons (Fsp3) is 0.154. The number of imide groups is 1. The van der Waals surface area contributed by atoms with Gasteiger partial charge in [-0.25, -0.2) is 9.69 Å². The summed E-state index contributed by atoms with van der Waals surface area (Å²) < 4.78 is 11.7. The molecule has 0 bridgehead atoms. The van der Waals surface area contributed by atoms with Crippen LogP contribution in [0.2, 0.25) is 5.02 Å². The highest BCUT2D eigenvalue weighted by molar-refractivity contribution is 6.31. The Bertz CT molecular complexity index is 1220. The monoisotopic (exact) mass is 462 g/mol. The second-order valence-corrected chi connectivity index (χ2v) is 7.96. The van der Waals surface area contributed by atoms with Gasteiger partial charge in [0.25, 0.3) is 5.91 Å². The van der Waals surface area contributed by atoms with Crippen molar-refractivity contribution in [3.05, 3.63) is 94.1 Å². The van der Waals surface area contributed by atoms with Crippen molar-refractivity contribution in [2.45, 2.75) is 20.5 Å². The Labute approximate surface area is 197 Å². The number of ether oxygens (including phenoxy) is 2. The molecule has 7 heteroatoms. The molecular formula is C26H23ClN2O4. The predicted molar refractivity (Wildman–Crippen MR) is 129 cm³/mol. The molecule has 0 aliphatic carbocycles. The van der Waals surface area contributed by atoms with Crippen molar-refractivity contribution < 1.29 is 19.1 Å². The molecule has 6 nitrogen and oxygen atoms in total. The van der Waals surface area contributed by atoms with Crippen molar-refractivity contribution in [1.29, 1.82) is 0 Å². The van der Waals surface area contributed by atoms with Gasteiger partial charge in [0.1, 0.15) is 12.3 Å². The highest BCUT2D eigenvalue weighted by Crippen LogP contribution is 2.31. The van der Waals surface area contributed by atoms with E-state index < -0.39 is 11.9 Å². The van der Waals surface area contributed by atoms with Crippen LogP contribution in [0.3, 0.4) is 0 Å². The summed E-state index contributed by atoms with van der Waals surface area (Å²) in [6.07, 6.45) is 1.61. The molecule has 3 aromatic rings. The van der Waals surface area contributed by atoms with E-state index in [4.69, 9.17) is 21.1 Å². The van der Waals surface area contributed by atoms with Crippen molar-refractivity contribution in [1.82, 2.24) is 5.32 Å². The van der Waals surface area contributed by atoms with E-state index in [2.05, 4.69) is 11.4 Å². The van der Waals surface area contributed by atoms with Gasteiger partial charge in [-0.05, 0) is 67.4 Å². The molecule has 0 unspecified atom stereocenters. The third-order valence-electron chi connectivity index (χ3n) is 5.02. The quantitative estimate of drug-likeness (QED) is 0.360. The second kappa shape index (κ2) is 9.79. The molecule has 0 spiro atoms. The molecule has 0 atom stereocenters. The number of benzene rings is 3. The molecule has 0 saturated carbocycles. The van der Waals surface area contributed by atoms with E-state index in [-0.39, 0.29) is 5.70 Å². The number of aryl methyl sites for hydroxylation is 1. The molecule has 1 N–H and O–H groups in total. The lowest BCUT2D eigenvalue weighted by molar-refractivity contribution is -0.113. The highest BCUT2D eigenvalue weighted by atomic mass is 35.5. The van der Waals surface area contributed by atoms with E-state index in [1.807, 2.05) is 38.1 Å². The number of urea groups is 1. The zero-order valence-corrected chi connectivity index (χ0v) is 19.1. The van der Waals surface area contributed by atoms with Crippen LogP contribution in [-0.2, 0) is 11.4 Å². The number of carbonyl (C=O) groups excluding carboxylic acids is 2. The van der Waals surface area contributed by atoms with Crippen molar-refractivity contribution in [2.75, 3.05) is 11.5 Å². The summed E-state index contributed by atoms with van der Waals surface area (Å²) in [4.78, 5) is 26.3. The van der Waals surface area contributed by atoms with Gasteiger partial charge < -0.3 is 14.8 Å². The van der Waals surface area contributed by atoms with Gasteiger partial charge in [-0.2, -0.15) is 0 Å². The lowest BCUT2D eigenvalue weighted by atomic mass is 10.1. The normalized spacial score (nSPS) is 14.5. The average Bonchev–Trinajstić information content (AvgIpc) is 3.07. The van der Waals surface area contributed by atoms with Crippen LogP contribution in [0.25, 0.3) is 6.08 Å². The largest absolute Gasteiger partial charge is 0.490 e. The topological polar surface area (TPSA) is 67.9 Å². The Kier molecular flexibility index (Phi) is 6.66. The summed E-state index contributed by atoms with van der Waals surface area (Å²) in [5.74, 6) is 0.718. The predicted octanol–water partition coefficient (Wildman–Crippen LogP) is 5.72. The van der Waals surface area contributed by atoms with Crippen LogP contribution < -0.4 is 19.7 Å². The van der Waals surface area contributed by atoms with Gasteiger partial charge in [-0.15, -0.1) is 0 Å². The van der Waals surface area contributed by atoms with Crippen LogP contribution >= 0.6 is 11.6 Å². The summed E-state index contributed by atoms with van der Waals surface area (Å²) in [5, 5.41) is 3.15. The number of rotatable bonds is 7. The lowest BCUT2D eigenvalue weighted by Crippen LogP contribution is -2.30. The standard InChI is InChI=1S/C26H23ClN2O4/c1-3-32-24-15-18(7-12-23(24)33-16-19-6-4-5-17(2)13-19)14-22-25(30)29(26(31)28-22)21-10-8-20(27)9-11-21/h4-15H,3,16H2,1-2H3,(H,28,31)/b22-14+. The van der Waals surface area contributed by atoms with Gasteiger partial charge in [0.2, 0.25) is 0 Å². The number of nitrogens with zero attached hydrogens (tertiary/aromatic N) is 1. The van der Waals surface area contributed by atoms with Crippen LogP contribution in [0.15, 0.2) is 72.4 Å². The molecule has 1 heterocycles. The maximum Gasteiger partial charge on any atom is 0.333 e. The van der Waals surface area contributed by atoms with Gasteiger partial charge in [-0.1, -0.05) is 47.5 Å². The highest BCUT2D eigenvalue weighted by Gasteiger charge is 2.34. The van der Waals surface area contributed by atoms with Crippen molar-refractivity contribution >= 4 is 35.3 Å². The number of halogens is 1. The maximum atomic E-state index is 12.9. The number of hydrogen-bond acceptors (Lipinski definition) is 4. The van der Waals surface area contributed by atoms with Crippen LogP contribution in [0.5, 0.6) is 11.5 Å². The minimum Gasteiger partial charge on any atom is -0.490 e. The smallest absolute Gasteiger partial charge is 0.333 e. The van der Waals surface area contributed by atoms with E-state index in [1.54, 1.807) is 42.5 Å². The number of carbonyl (C=O) groups is 2. The number of hydrogen-bond donors (Lipinski definition) is 1. The van der Waals surface area contributed by atoms with Gasteiger partial charge >= 0.3 is 6.03 Å². The Balaban J connectivity index is 1.55. The molecule has 4 rings (SSSR count). The van der Waals surface area contributed by atoms with E-state index in [0.717, 1.165) is 10.5 Å². The molecule has 168 valence electrons. The Morgan fingerprint density at radius 2 is 1.76 bits per heavy atom. The average molecular weight is 463 g/mol. The van der Waals surface area contributed by atoms with E-state index in [9.17, 15) is 9.59 Å². The number of amides is 3. The Morgan fingerprint density at radius 1 is 0.970 bits per heavy atom. The SMILES string of the molecule is CCOc1cc(/C=C2/NC(=O)N(c3ccc(Cl)cc3)C2=O)ccc1OCc1cccc(C)c1. The van der Waals surface area contributed by atoms with Crippen LogP contribution in [0.1, 0.15) is 23.6 Å². The first-order valence-corrected chi connectivity index (χ1v) is 10.9. The summed E-state index contributed by atoms with van der Waals surface area (Å²) in [6, 6.07) is 19.5. The summed E-state index contributed by atoms with van der Waals surface area (Å²) >= 11 is 5.91. The van der Waals surface area contributed by atoms with Crippen LogP contribution in [0, 0.1) is 6.92 Å². The zero-order chi connectivity index (χ0) is 23.4. The first kappa shape index (κ1) is 22.4. The first-order valence-electron chi connectivity index (χ1n) is 10.5. The minimum atomic E-state index is -0.517. The number of nitrogens with one attached hydrogen (secondary N) is 1. The molecule has 1 saturated heterocycles. The Hall–Kier alpha value is -3.77. The molecule has 3 aromatic carbocycles. The molecule has 1 aliphatic rings. The van der Waals surface area contributed by atoms with Gasteiger partial charge in [-0.3, -0.25) is 4.79 Å². The zero-order valence-electron chi connectivity index (χ0n) is 18.3. The molecule has 0 aromatic heterocycles. The van der Waals surface area contributed by atoms with E-state index in [1.165, 1.54) is 5.56 Å². The summed E-state index contributed by atoms with van der Waals surface area (Å²) in [5.41, 5.74) is 3.54. The fourth-order valence-electron chi connectivity index (χ4n) is 3.49. The van der Waals surface area contributed by atoms with Crippen LogP contribution in [0.4, 0.5) is 10.5 Å². The van der Waals surface area contributed by atoms with Crippen molar-refractivity contribution in [2.24, 2.45) is 0 Å². The van der Waals surface area contributed by atoms with Crippen LogP contribution in [-0.4, -0.2) is 18.5 Å². The second-order valence-electron chi connectivity index (χ2n) is 7.52. The number of anilines is 1. The molecular weight excluding hydrogens is 440 g/mol. The van der Waals surface area contributed by atoms with Gasteiger partial charge in [0, 0.05) is 5.02 Å². The summed E-state index contributed by atoms with van der Waals surface area (Å²) in [7, 11) is 0. The van der Waals surface area contributed by atoms with E-state index in [0.29, 0.717) is 41.0 Å². The van der Waals surface area contributed by atoms with E-state index >= 15 is 0 Å². The molecule has 1 aliphatic heterocycles. The fourth-order valence-corrected chi connectivity index (χ4v) is 3.62. The first-order chi connectivity index (χ1) is 15.9.